The number of nitrogens with one attached hydrogen (secondary N) is 1. The smallest absolute Gasteiger partial charge is 0.354 e. The molecule has 0 saturated heterocycles. The predicted octanol–water partition coefficient (Wildman–Crippen LogP) is 4.89. The number of tetrazole rings is 1. The van der Waals surface area contributed by atoms with Gasteiger partial charge in [-0.15, -0.1) is 10.2 Å². The quantitative estimate of drug-likeness (QED) is 0.364. The lowest BCUT2D eigenvalue weighted by atomic mass is 9.98. The summed E-state index contributed by atoms with van der Waals surface area (Å²) in [6.45, 7) is 4.69. The van der Waals surface area contributed by atoms with Gasteiger partial charge >= 0.3 is 5.97 Å². The number of benzene rings is 2. The minimum Gasteiger partial charge on any atom is -0.477 e. The molecule has 8 heteroatoms. The van der Waals surface area contributed by atoms with E-state index in [2.05, 4.69) is 67.4 Å². The lowest BCUT2D eigenvalue weighted by Crippen LogP contribution is -2.08. The number of carboxylic acid groups (broad SMARTS) is 1. The van der Waals surface area contributed by atoms with Crippen molar-refractivity contribution < 1.29 is 9.90 Å². The van der Waals surface area contributed by atoms with E-state index in [0.717, 1.165) is 51.7 Å². The predicted molar refractivity (Wildman–Crippen MR) is 130 cm³/mol. The molecule has 0 aliphatic carbocycles. The summed E-state index contributed by atoms with van der Waals surface area (Å²) in [5.41, 5.74) is 6.96. The number of aromatic nitrogens is 6. The molecular formula is C26H24N6O2. The molecule has 0 atom stereocenters. The first-order chi connectivity index (χ1) is 16.5. The maximum absolute atomic E-state index is 11.6. The van der Waals surface area contributed by atoms with E-state index < -0.39 is 5.97 Å². The normalized spacial score (nSPS) is 11.2. The van der Waals surface area contributed by atoms with Crippen LogP contribution >= 0.6 is 0 Å². The molecule has 170 valence electrons. The fraction of sp³-hybridized carbons (Fsp3) is 0.192. The Morgan fingerprint density at radius 2 is 1.82 bits per heavy atom. The summed E-state index contributed by atoms with van der Waals surface area (Å²) >= 11 is 0. The topological polar surface area (TPSA) is 110 Å². The van der Waals surface area contributed by atoms with E-state index in [1.165, 1.54) is 0 Å². The zero-order chi connectivity index (χ0) is 23.7. The van der Waals surface area contributed by atoms with Crippen LogP contribution < -0.4 is 0 Å². The molecule has 5 rings (SSSR count). The zero-order valence-corrected chi connectivity index (χ0v) is 19.0. The highest BCUT2D eigenvalue weighted by Crippen LogP contribution is 2.30. The Morgan fingerprint density at radius 3 is 2.50 bits per heavy atom. The van der Waals surface area contributed by atoms with Gasteiger partial charge in [-0.2, -0.15) is 5.21 Å². The van der Waals surface area contributed by atoms with E-state index in [0.29, 0.717) is 18.0 Å². The molecule has 3 heterocycles. The standard InChI is InChI=1S/C26H24N6O2/c1-3-6-19-14-22-16(2)13-23(26(33)34)27-25(22)32(19)15-17-9-11-18(12-10-17)20-7-4-5-8-21(20)24-28-30-31-29-24/h4-5,7-14H,3,6,15H2,1-2H3,(H,33,34)(H,28,29,30,31). The van der Waals surface area contributed by atoms with Gasteiger partial charge in [-0.05, 0) is 52.9 Å². The Bertz CT molecular complexity index is 1470. The number of aromatic amines is 1. The van der Waals surface area contributed by atoms with E-state index in [-0.39, 0.29) is 5.69 Å². The van der Waals surface area contributed by atoms with Crippen LogP contribution in [0.2, 0.25) is 0 Å². The largest absolute Gasteiger partial charge is 0.477 e. The minimum atomic E-state index is -1.01. The molecule has 0 unspecified atom stereocenters. The van der Waals surface area contributed by atoms with Gasteiger partial charge in [-0.3, -0.25) is 0 Å². The Hall–Kier alpha value is -4.33. The van der Waals surface area contributed by atoms with Crippen molar-refractivity contribution >= 4 is 17.0 Å². The molecule has 0 saturated carbocycles. The van der Waals surface area contributed by atoms with E-state index in [9.17, 15) is 9.90 Å². The summed E-state index contributed by atoms with van der Waals surface area (Å²) in [5.74, 6) is -0.460. The molecular weight excluding hydrogens is 428 g/mol. The summed E-state index contributed by atoms with van der Waals surface area (Å²) in [5, 5.41) is 24.9. The number of aromatic carboxylic acids is 1. The molecule has 0 bridgehead atoms. The van der Waals surface area contributed by atoms with Crippen LogP contribution in [0, 0.1) is 6.92 Å². The molecule has 5 aromatic rings. The number of aryl methyl sites for hydroxylation is 2. The van der Waals surface area contributed by atoms with Gasteiger partial charge < -0.3 is 9.67 Å². The van der Waals surface area contributed by atoms with Crippen molar-refractivity contribution in [3.05, 3.63) is 83.2 Å². The number of fused-ring (bicyclic) bond motifs is 1. The summed E-state index contributed by atoms with van der Waals surface area (Å²) in [4.78, 5) is 16.1. The van der Waals surface area contributed by atoms with Crippen molar-refractivity contribution in [2.24, 2.45) is 0 Å². The van der Waals surface area contributed by atoms with E-state index in [1.807, 2.05) is 31.2 Å². The molecule has 2 N–H and O–H groups in total. The van der Waals surface area contributed by atoms with Gasteiger partial charge in [0.1, 0.15) is 5.65 Å². The molecule has 0 fully saturated rings. The van der Waals surface area contributed by atoms with Crippen molar-refractivity contribution in [3.63, 3.8) is 0 Å². The number of hydrogen-bond acceptors (Lipinski definition) is 5. The van der Waals surface area contributed by atoms with Crippen molar-refractivity contribution in [2.75, 3.05) is 0 Å². The highest BCUT2D eigenvalue weighted by Gasteiger charge is 2.16. The van der Waals surface area contributed by atoms with Crippen molar-refractivity contribution in [1.82, 2.24) is 30.2 Å². The Labute approximate surface area is 196 Å². The van der Waals surface area contributed by atoms with E-state index >= 15 is 0 Å². The van der Waals surface area contributed by atoms with Crippen molar-refractivity contribution in [1.29, 1.82) is 0 Å². The monoisotopic (exact) mass is 452 g/mol. The third-order valence-corrected chi connectivity index (χ3v) is 6.00. The second-order valence-corrected chi connectivity index (χ2v) is 8.32. The van der Waals surface area contributed by atoms with Crippen LogP contribution in [0.5, 0.6) is 0 Å². The molecule has 0 aliphatic heterocycles. The second-order valence-electron chi connectivity index (χ2n) is 8.32. The average molecular weight is 453 g/mol. The van der Waals surface area contributed by atoms with Gasteiger partial charge in [0, 0.05) is 23.2 Å². The lowest BCUT2D eigenvalue weighted by molar-refractivity contribution is 0.0690. The Morgan fingerprint density at radius 1 is 1.06 bits per heavy atom. The highest BCUT2D eigenvalue weighted by molar-refractivity contribution is 5.91. The SMILES string of the molecule is CCCc1cc2c(C)cc(C(=O)O)nc2n1Cc1ccc(-c2ccccc2-c2nn[nH]n2)cc1. The molecule has 3 aromatic heterocycles. The molecule has 0 spiro atoms. The first kappa shape index (κ1) is 21.5. The van der Waals surface area contributed by atoms with Crippen LogP contribution in [0.1, 0.15) is 40.7 Å². The third-order valence-electron chi connectivity index (χ3n) is 6.00. The van der Waals surface area contributed by atoms with Gasteiger partial charge in [0.2, 0.25) is 5.82 Å². The summed E-state index contributed by atoms with van der Waals surface area (Å²) in [7, 11) is 0. The first-order valence-electron chi connectivity index (χ1n) is 11.2. The Kier molecular flexibility index (Phi) is 5.63. The third kappa shape index (κ3) is 3.94. The van der Waals surface area contributed by atoms with Crippen LogP contribution in [0.15, 0.2) is 60.7 Å². The number of nitrogens with zero attached hydrogens (tertiary/aromatic N) is 5. The van der Waals surface area contributed by atoms with Gasteiger partial charge in [0.15, 0.2) is 5.69 Å². The molecule has 0 amide bonds. The number of hydrogen-bond donors (Lipinski definition) is 2. The van der Waals surface area contributed by atoms with Gasteiger partial charge in [0.05, 0.1) is 0 Å². The molecule has 0 aliphatic rings. The van der Waals surface area contributed by atoms with Gasteiger partial charge in [-0.25, -0.2) is 9.78 Å². The number of pyridine rings is 1. The maximum Gasteiger partial charge on any atom is 0.354 e. The first-order valence-corrected chi connectivity index (χ1v) is 11.2. The number of rotatable bonds is 7. The van der Waals surface area contributed by atoms with Crippen LogP contribution in [-0.4, -0.2) is 41.3 Å². The number of carboxylic acids is 1. The average Bonchev–Trinajstić information content (AvgIpc) is 3.49. The number of H-pyrrole nitrogens is 1. The summed E-state index contributed by atoms with van der Waals surface area (Å²) < 4.78 is 2.14. The number of carbonyl (C=O) groups is 1. The Balaban J connectivity index is 1.52. The van der Waals surface area contributed by atoms with Crippen LogP contribution in [0.25, 0.3) is 33.5 Å². The summed E-state index contributed by atoms with van der Waals surface area (Å²) in [6, 6.07) is 20.1. The fourth-order valence-corrected chi connectivity index (χ4v) is 4.36. The minimum absolute atomic E-state index is 0.0702. The molecule has 2 aromatic carbocycles. The lowest BCUT2D eigenvalue weighted by Gasteiger charge is -2.12. The second kappa shape index (κ2) is 8.90. The van der Waals surface area contributed by atoms with Crippen molar-refractivity contribution in [3.8, 4) is 22.5 Å². The van der Waals surface area contributed by atoms with Crippen LogP contribution in [-0.2, 0) is 13.0 Å². The van der Waals surface area contributed by atoms with Crippen LogP contribution in [0.4, 0.5) is 0 Å². The van der Waals surface area contributed by atoms with Gasteiger partial charge in [0.25, 0.3) is 0 Å². The van der Waals surface area contributed by atoms with Crippen LogP contribution in [0.3, 0.4) is 0 Å². The fourth-order valence-electron chi connectivity index (χ4n) is 4.36. The van der Waals surface area contributed by atoms with Gasteiger partial charge in [-0.1, -0.05) is 61.9 Å². The zero-order valence-electron chi connectivity index (χ0n) is 19.0. The van der Waals surface area contributed by atoms with Crippen molar-refractivity contribution in [2.45, 2.75) is 33.2 Å². The summed E-state index contributed by atoms with van der Waals surface area (Å²) in [6.07, 6.45) is 1.89. The van der Waals surface area contributed by atoms with E-state index in [4.69, 9.17) is 0 Å². The van der Waals surface area contributed by atoms with E-state index in [1.54, 1.807) is 6.07 Å². The molecule has 0 radical (unpaired) electrons. The molecule has 34 heavy (non-hydrogen) atoms. The highest BCUT2D eigenvalue weighted by atomic mass is 16.4. The molecule has 8 nitrogen and oxygen atoms in total. The maximum atomic E-state index is 11.6.